The Balaban J connectivity index is 0.00000420. The summed E-state index contributed by atoms with van der Waals surface area (Å²) in [6, 6.07) is 4.71. The summed E-state index contributed by atoms with van der Waals surface area (Å²) < 4.78 is 37.0. The van der Waals surface area contributed by atoms with Crippen LogP contribution in [0, 0.1) is 6.92 Å². The van der Waals surface area contributed by atoms with E-state index in [0.717, 1.165) is 31.8 Å². The molecule has 0 spiro atoms. The zero-order valence-corrected chi connectivity index (χ0v) is 19.2. The molecule has 0 aliphatic rings. The van der Waals surface area contributed by atoms with Crippen LogP contribution in [0.25, 0.3) is 0 Å². The van der Waals surface area contributed by atoms with Crippen molar-refractivity contribution in [3.05, 3.63) is 42.0 Å². The normalized spacial score (nSPS) is 11.2. The highest BCUT2D eigenvalue weighted by Gasteiger charge is 2.11. The summed E-state index contributed by atoms with van der Waals surface area (Å²) in [7, 11) is 3.18. The highest BCUT2D eigenvalue weighted by molar-refractivity contribution is 14.0. The molecule has 0 fully saturated rings. The Morgan fingerprint density at radius 1 is 1.28 bits per heavy atom. The van der Waals surface area contributed by atoms with E-state index in [1.54, 1.807) is 25.4 Å². The van der Waals surface area contributed by atoms with Crippen molar-refractivity contribution in [1.82, 2.24) is 20.2 Å². The third-order valence-corrected chi connectivity index (χ3v) is 4.20. The van der Waals surface area contributed by atoms with Crippen LogP contribution in [-0.2, 0) is 13.1 Å². The summed E-state index contributed by atoms with van der Waals surface area (Å²) in [6.07, 6.45) is 5.72. The number of aromatic nitrogens is 2. The van der Waals surface area contributed by atoms with E-state index in [0.29, 0.717) is 17.3 Å². The highest BCUT2D eigenvalue weighted by atomic mass is 127. The SMILES string of the molecule is CN=C(NCCCCn1ccnc1C)NCc1cc(OC)ccc1OC(F)F.I. The molecule has 0 atom stereocenters. The molecule has 162 valence electrons. The van der Waals surface area contributed by atoms with Crippen LogP contribution in [0.1, 0.15) is 24.2 Å². The highest BCUT2D eigenvalue weighted by Crippen LogP contribution is 2.25. The van der Waals surface area contributed by atoms with Crippen LogP contribution < -0.4 is 20.1 Å². The number of nitrogens with zero attached hydrogens (tertiary/aromatic N) is 3. The first-order valence-electron chi connectivity index (χ1n) is 9.07. The molecule has 0 aliphatic heterocycles. The van der Waals surface area contributed by atoms with E-state index in [1.807, 2.05) is 13.1 Å². The van der Waals surface area contributed by atoms with Gasteiger partial charge in [-0.25, -0.2) is 4.98 Å². The number of hydrogen-bond donors (Lipinski definition) is 2. The third kappa shape index (κ3) is 8.42. The molecule has 2 N–H and O–H groups in total. The fraction of sp³-hybridized carbons (Fsp3) is 0.474. The number of hydrogen-bond acceptors (Lipinski definition) is 4. The lowest BCUT2D eigenvalue weighted by molar-refractivity contribution is -0.0504. The Morgan fingerprint density at radius 3 is 2.69 bits per heavy atom. The summed E-state index contributed by atoms with van der Waals surface area (Å²) >= 11 is 0. The zero-order chi connectivity index (χ0) is 20.4. The molecule has 29 heavy (non-hydrogen) atoms. The second-order valence-electron chi connectivity index (χ2n) is 6.08. The Kier molecular flexibility index (Phi) is 11.3. The van der Waals surface area contributed by atoms with Gasteiger partial charge in [-0.15, -0.1) is 24.0 Å². The van der Waals surface area contributed by atoms with E-state index in [1.165, 1.54) is 13.2 Å². The van der Waals surface area contributed by atoms with Crippen molar-refractivity contribution in [1.29, 1.82) is 0 Å². The van der Waals surface area contributed by atoms with Crippen LogP contribution in [0.4, 0.5) is 8.78 Å². The number of alkyl halides is 2. The van der Waals surface area contributed by atoms with Gasteiger partial charge in [0.1, 0.15) is 17.3 Å². The first-order chi connectivity index (χ1) is 13.5. The Morgan fingerprint density at radius 2 is 2.07 bits per heavy atom. The van der Waals surface area contributed by atoms with E-state index in [2.05, 4.69) is 29.9 Å². The lowest BCUT2D eigenvalue weighted by Crippen LogP contribution is -2.37. The first kappa shape index (κ1) is 24.9. The van der Waals surface area contributed by atoms with Gasteiger partial charge in [-0.2, -0.15) is 8.78 Å². The maximum absolute atomic E-state index is 12.6. The zero-order valence-electron chi connectivity index (χ0n) is 16.8. The molecule has 0 radical (unpaired) electrons. The van der Waals surface area contributed by atoms with Gasteiger partial charge in [-0.05, 0) is 38.0 Å². The number of rotatable bonds is 10. The van der Waals surface area contributed by atoms with E-state index in [-0.39, 0.29) is 36.3 Å². The molecule has 0 bridgehead atoms. The van der Waals surface area contributed by atoms with Crippen molar-refractivity contribution in [2.45, 2.75) is 39.5 Å². The van der Waals surface area contributed by atoms with Crippen molar-refractivity contribution in [2.24, 2.45) is 4.99 Å². The Hall–Kier alpha value is -2.11. The fourth-order valence-electron chi connectivity index (χ4n) is 2.69. The first-order valence-corrected chi connectivity index (χ1v) is 9.07. The smallest absolute Gasteiger partial charge is 0.387 e. The average Bonchev–Trinajstić information content (AvgIpc) is 3.09. The lowest BCUT2D eigenvalue weighted by atomic mass is 10.2. The molecule has 0 aliphatic carbocycles. The van der Waals surface area contributed by atoms with Crippen LogP contribution in [0.15, 0.2) is 35.6 Å². The second kappa shape index (κ2) is 13.2. The molecule has 0 unspecified atom stereocenters. The van der Waals surface area contributed by atoms with Gasteiger partial charge in [-0.3, -0.25) is 4.99 Å². The van der Waals surface area contributed by atoms with Crippen LogP contribution in [0.5, 0.6) is 11.5 Å². The summed E-state index contributed by atoms with van der Waals surface area (Å²) in [5, 5.41) is 6.32. The van der Waals surface area contributed by atoms with Gasteiger partial charge in [0.15, 0.2) is 5.96 Å². The predicted molar refractivity (Wildman–Crippen MR) is 119 cm³/mol. The van der Waals surface area contributed by atoms with Crippen LogP contribution in [-0.4, -0.2) is 42.8 Å². The number of guanidine groups is 1. The van der Waals surface area contributed by atoms with Gasteiger partial charge in [0, 0.05) is 44.6 Å². The quantitative estimate of drug-likeness (QED) is 0.216. The minimum atomic E-state index is -2.89. The minimum Gasteiger partial charge on any atom is -0.497 e. The summed E-state index contributed by atoms with van der Waals surface area (Å²) in [5.41, 5.74) is 0.554. The molecule has 0 saturated heterocycles. The maximum atomic E-state index is 12.6. The summed E-state index contributed by atoms with van der Waals surface area (Å²) in [4.78, 5) is 8.36. The number of benzene rings is 1. The second-order valence-corrected chi connectivity index (χ2v) is 6.08. The largest absolute Gasteiger partial charge is 0.497 e. The molecule has 2 aromatic rings. The van der Waals surface area contributed by atoms with Gasteiger partial charge in [0.05, 0.1) is 7.11 Å². The monoisotopic (exact) mass is 523 g/mol. The van der Waals surface area contributed by atoms with E-state index < -0.39 is 6.61 Å². The van der Waals surface area contributed by atoms with Gasteiger partial charge in [0.25, 0.3) is 0 Å². The molecule has 0 saturated carbocycles. The van der Waals surface area contributed by atoms with Gasteiger partial charge in [-0.1, -0.05) is 0 Å². The fourth-order valence-corrected chi connectivity index (χ4v) is 2.69. The number of unbranched alkanes of at least 4 members (excludes halogenated alkanes) is 1. The predicted octanol–water partition coefficient (Wildman–Crippen LogP) is 3.56. The van der Waals surface area contributed by atoms with E-state index >= 15 is 0 Å². The standard InChI is InChI=1S/C19H27F2N5O2.HI/c1-14-23-9-11-26(14)10-5-4-8-24-19(22-2)25-13-15-12-16(27-3)6-7-17(15)28-18(20)21;/h6-7,9,11-12,18H,4-5,8,10,13H2,1-3H3,(H2,22,24,25);1H. The summed E-state index contributed by atoms with van der Waals surface area (Å²) in [5.74, 6) is 2.26. The van der Waals surface area contributed by atoms with Gasteiger partial charge in [0.2, 0.25) is 0 Å². The van der Waals surface area contributed by atoms with Crippen molar-refractivity contribution in [3.8, 4) is 11.5 Å². The third-order valence-electron chi connectivity index (χ3n) is 4.20. The molecule has 1 aromatic carbocycles. The molecule has 1 aromatic heterocycles. The molecule has 7 nitrogen and oxygen atoms in total. The minimum absolute atomic E-state index is 0. The van der Waals surface area contributed by atoms with Gasteiger partial charge >= 0.3 is 6.61 Å². The van der Waals surface area contributed by atoms with Crippen LogP contribution in [0.2, 0.25) is 0 Å². The van der Waals surface area contributed by atoms with Gasteiger partial charge < -0.3 is 24.7 Å². The van der Waals surface area contributed by atoms with E-state index in [4.69, 9.17) is 4.74 Å². The molecule has 2 rings (SSSR count). The lowest BCUT2D eigenvalue weighted by Gasteiger charge is -2.15. The topological polar surface area (TPSA) is 72.7 Å². The molecule has 10 heteroatoms. The van der Waals surface area contributed by atoms with Crippen molar-refractivity contribution in [2.75, 3.05) is 20.7 Å². The van der Waals surface area contributed by atoms with Crippen LogP contribution >= 0.6 is 24.0 Å². The Labute approximate surface area is 186 Å². The number of halogens is 3. The average molecular weight is 523 g/mol. The number of aryl methyl sites for hydroxylation is 2. The number of imidazole rings is 1. The van der Waals surface area contributed by atoms with Crippen molar-refractivity contribution in [3.63, 3.8) is 0 Å². The number of aliphatic imine (C=N–C) groups is 1. The molecular weight excluding hydrogens is 495 g/mol. The molecular formula is C19H28F2IN5O2. The maximum Gasteiger partial charge on any atom is 0.387 e. The van der Waals surface area contributed by atoms with Crippen molar-refractivity contribution < 1.29 is 18.3 Å². The number of ether oxygens (including phenoxy) is 2. The molecule has 1 heterocycles. The number of methoxy groups -OCH3 is 1. The summed E-state index contributed by atoms with van der Waals surface area (Å²) in [6.45, 7) is 1.02. The Bertz CT molecular complexity index is 771. The van der Waals surface area contributed by atoms with Crippen LogP contribution in [0.3, 0.4) is 0 Å². The molecule has 0 amide bonds. The van der Waals surface area contributed by atoms with Crippen molar-refractivity contribution >= 4 is 29.9 Å². The number of nitrogens with one attached hydrogen (secondary N) is 2. The van der Waals surface area contributed by atoms with E-state index in [9.17, 15) is 8.78 Å².